The lowest BCUT2D eigenvalue weighted by Gasteiger charge is -2.13. The van der Waals surface area contributed by atoms with Gasteiger partial charge >= 0.3 is 0 Å². The third-order valence-electron chi connectivity index (χ3n) is 3.35. The molecule has 1 aromatic heterocycles. The van der Waals surface area contributed by atoms with Gasteiger partial charge in [-0.2, -0.15) is 0 Å². The van der Waals surface area contributed by atoms with Crippen molar-refractivity contribution in [1.29, 1.82) is 0 Å². The lowest BCUT2D eigenvalue weighted by atomic mass is 10.0. The number of hydrogen-bond donors (Lipinski definition) is 1. The number of pyridine rings is 1. The Labute approximate surface area is 135 Å². The number of amides is 1. The molecule has 6 heteroatoms. The van der Waals surface area contributed by atoms with E-state index in [1.54, 1.807) is 30.3 Å². The maximum Gasteiger partial charge on any atom is 0.257 e. The van der Waals surface area contributed by atoms with E-state index in [1.165, 1.54) is 0 Å². The van der Waals surface area contributed by atoms with E-state index in [4.69, 9.17) is 0 Å². The van der Waals surface area contributed by atoms with Crippen LogP contribution < -0.4 is 5.32 Å². The van der Waals surface area contributed by atoms with Crippen LogP contribution >= 0.6 is 0 Å². The fourth-order valence-corrected chi connectivity index (χ4v) is 2.27. The van der Waals surface area contributed by atoms with Crippen molar-refractivity contribution in [3.63, 3.8) is 0 Å². The molecule has 0 aliphatic rings. The Balaban J connectivity index is 2.03. The van der Waals surface area contributed by atoms with E-state index in [0.717, 1.165) is 24.5 Å². The standard InChI is InChI=1S/C18H11F3N2O/c19-13-7-15(11-4-2-1-3-5-11)17(16(21)8-13)23-18(24)12-6-14(20)10-22-9-12/h1-10H,(H,23,24). The molecule has 0 bridgehead atoms. The van der Waals surface area contributed by atoms with Gasteiger partial charge < -0.3 is 5.32 Å². The van der Waals surface area contributed by atoms with Crippen molar-refractivity contribution in [2.45, 2.75) is 0 Å². The Hall–Kier alpha value is -3.15. The predicted octanol–water partition coefficient (Wildman–Crippen LogP) is 4.42. The molecule has 24 heavy (non-hydrogen) atoms. The zero-order valence-electron chi connectivity index (χ0n) is 12.3. The summed E-state index contributed by atoms with van der Waals surface area (Å²) in [5, 5.41) is 2.36. The zero-order valence-corrected chi connectivity index (χ0v) is 12.3. The third kappa shape index (κ3) is 3.27. The van der Waals surface area contributed by atoms with E-state index in [0.29, 0.717) is 11.6 Å². The first-order chi connectivity index (χ1) is 11.5. The fraction of sp³-hybridized carbons (Fsp3) is 0. The maximum atomic E-state index is 14.2. The van der Waals surface area contributed by atoms with Crippen LogP contribution in [0.4, 0.5) is 18.9 Å². The number of nitrogens with zero attached hydrogens (tertiary/aromatic N) is 1. The summed E-state index contributed by atoms with van der Waals surface area (Å²) in [4.78, 5) is 15.8. The quantitative estimate of drug-likeness (QED) is 0.773. The topological polar surface area (TPSA) is 42.0 Å². The van der Waals surface area contributed by atoms with Gasteiger partial charge in [-0.3, -0.25) is 9.78 Å². The van der Waals surface area contributed by atoms with E-state index in [2.05, 4.69) is 10.3 Å². The van der Waals surface area contributed by atoms with E-state index < -0.39 is 23.4 Å². The number of benzene rings is 2. The minimum absolute atomic E-state index is 0.0715. The summed E-state index contributed by atoms with van der Waals surface area (Å²) < 4.78 is 41.0. The molecule has 2 aromatic carbocycles. The first-order valence-corrected chi connectivity index (χ1v) is 7.01. The Morgan fingerprint density at radius 3 is 2.38 bits per heavy atom. The van der Waals surface area contributed by atoms with E-state index in [9.17, 15) is 18.0 Å². The van der Waals surface area contributed by atoms with Gasteiger partial charge in [-0.25, -0.2) is 13.2 Å². The maximum absolute atomic E-state index is 14.2. The number of hydrogen-bond acceptors (Lipinski definition) is 2. The normalized spacial score (nSPS) is 10.5. The smallest absolute Gasteiger partial charge is 0.257 e. The number of aromatic nitrogens is 1. The van der Waals surface area contributed by atoms with E-state index >= 15 is 0 Å². The van der Waals surface area contributed by atoms with Crippen LogP contribution in [0.2, 0.25) is 0 Å². The average molecular weight is 328 g/mol. The lowest BCUT2D eigenvalue weighted by Crippen LogP contribution is -2.14. The number of halogens is 3. The number of anilines is 1. The molecule has 1 amide bonds. The summed E-state index contributed by atoms with van der Waals surface area (Å²) in [6.07, 6.45) is 2.10. The lowest BCUT2D eigenvalue weighted by molar-refractivity contribution is 0.102. The van der Waals surface area contributed by atoms with Crippen molar-refractivity contribution in [3.05, 3.63) is 83.9 Å². The van der Waals surface area contributed by atoms with Crippen LogP contribution in [-0.4, -0.2) is 10.9 Å². The first-order valence-electron chi connectivity index (χ1n) is 7.01. The van der Waals surface area contributed by atoms with Crippen LogP contribution in [-0.2, 0) is 0 Å². The number of rotatable bonds is 3. The van der Waals surface area contributed by atoms with Gasteiger partial charge in [0.05, 0.1) is 17.4 Å². The Morgan fingerprint density at radius 2 is 1.67 bits per heavy atom. The van der Waals surface area contributed by atoms with Crippen molar-refractivity contribution in [2.24, 2.45) is 0 Å². The summed E-state index contributed by atoms with van der Waals surface area (Å²) >= 11 is 0. The highest BCUT2D eigenvalue weighted by Gasteiger charge is 2.17. The van der Waals surface area contributed by atoms with Gasteiger partial charge in [0.1, 0.15) is 17.5 Å². The van der Waals surface area contributed by atoms with Crippen LogP contribution in [0.15, 0.2) is 60.9 Å². The minimum atomic E-state index is -0.924. The van der Waals surface area contributed by atoms with Crippen LogP contribution in [0.25, 0.3) is 11.1 Å². The molecule has 3 rings (SSSR count). The summed E-state index contributed by atoms with van der Waals surface area (Å²) in [6, 6.07) is 11.3. The monoisotopic (exact) mass is 328 g/mol. The molecule has 0 saturated carbocycles. The van der Waals surface area contributed by atoms with Crippen molar-refractivity contribution >= 4 is 11.6 Å². The molecular weight excluding hydrogens is 317 g/mol. The van der Waals surface area contributed by atoms with Crippen LogP contribution in [0.5, 0.6) is 0 Å². The van der Waals surface area contributed by atoms with Crippen LogP contribution in [0.3, 0.4) is 0 Å². The predicted molar refractivity (Wildman–Crippen MR) is 83.9 cm³/mol. The molecule has 120 valence electrons. The molecule has 0 aliphatic carbocycles. The molecule has 0 radical (unpaired) electrons. The highest BCUT2D eigenvalue weighted by Crippen LogP contribution is 2.31. The molecule has 0 atom stereocenters. The Kier molecular flexibility index (Phi) is 4.29. The molecule has 0 unspecified atom stereocenters. The zero-order chi connectivity index (χ0) is 17.1. The second kappa shape index (κ2) is 6.54. The number of carbonyl (C=O) groups excluding carboxylic acids is 1. The van der Waals surface area contributed by atoms with Gasteiger partial charge in [0.25, 0.3) is 5.91 Å². The second-order valence-electron chi connectivity index (χ2n) is 5.02. The molecule has 0 aliphatic heterocycles. The van der Waals surface area contributed by atoms with Crippen molar-refractivity contribution in [3.8, 4) is 11.1 Å². The number of carbonyl (C=O) groups is 1. The SMILES string of the molecule is O=C(Nc1c(F)cc(F)cc1-c1ccccc1)c1cncc(F)c1. The largest absolute Gasteiger partial charge is 0.319 e. The van der Waals surface area contributed by atoms with Crippen molar-refractivity contribution < 1.29 is 18.0 Å². The second-order valence-corrected chi connectivity index (χ2v) is 5.02. The highest BCUT2D eigenvalue weighted by molar-refractivity contribution is 6.06. The van der Waals surface area contributed by atoms with E-state index in [1.807, 2.05) is 0 Å². The van der Waals surface area contributed by atoms with Crippen LogP contribution in [0, 0.1) is 17.5 Å². The molecule has 1 heterocycles. The molecule has 0 saturated heterocycles. The summed E-state index contributed by atoms with van der Waals surface area (Å²) in [5.74, 6) is -3.13. The molecule has 3 aromatic rings. The van der Waals surface area contributed by atoms with Gasteiger partial charge in [-0.1, -0.05) is 30.3 Å². The van der Waals surface area contributed by atoms with Gasteiger partial charge in [-0.15, -0.1) is 0 Å². The highest BCUT2D eigenvalue weighted by atomic mass is 19.1. The number of nitrogens with one attached hydrogen (secondary N) is 1. The molecule has 1 N–H and O–H groups in total. The minimum Gasteiger partial charge on any atom is -0.319 e. The first kappa shape index (κ1) is 15.7. The Morgan fingerprint density at radius 1 is 0.917 bits per heavy atom. The van der Waals surface area contributed by atoms with Crippen molar-refractivity contribution in [2.75, 3.05) is 5.32 Å². The summed E-state index contributed by atoms with van der Waals surface area (Å²) in [6.45, 7) is 0. The van der Waals surface area contributed by atoms with Gasteiger partial charge in [-0.05, 0) is 17.7 Å². The van der Waals surface area contributed by atoms with Crippen molar-refractivity contribution in [1.82, 2.24) is 4.98 Å². The van der Waals surface area contributed by atoms with Gasteiger partial charge in [0.15, 0.2) is 0 Å². The average Bonchev–Trinajstić information content (AvgIpc) is 2.57. The third-order valence-corrected chi connectivity index (χ3v) is 3.35. The summed E-state index contributed by atoms with van der Waals surface area (Å²) in [5.41, 5.74) is 0.462. The fourth-order valence-electron chi connectivity index (χ4n) is 2.27. The summed E-state index contributed by atoms with van der Waals surface area (Å²) in [7, 11) is 0. The molecule has 0 spiro atoms. The van der Waals surface area contributed by atoms with Gasteiger partial charge in [0.2, 0.25) is 0 Å². The van der Waals surface area contributed by atoms with E-state index in [-0.39, 0.29) is 16.8 Å². The Bertz CT molecular complexity index is 898. The molecule has 0 fully saturated rings. The molecule has 3 nitrogen and oxygen atoms in total. The van der Waals surface area contributed by atoms with Crippen LogP contribution in [0.1, 0.15) is 10.4 Å². The van der Waals surface area contributed by atoms with Gasteiger partial charge in [0, 0.05) is 17.8 Å². The molecular formula is C18H11F3N2O.